The zero-order valence-electron chi connectivity index (χ0n) is 17.7. The number of ether oxygens (including phenoxy) is 4. The van der Waals surface area contributed by atoms with Gasteiger partial charge in [0.1, 0.15) is 24.8 Å². The first-order valence-electron chi connectivity index (χ1n) is 9.49. The SMILES string of the molecule is C=CCOc1cc(F)ccc1OC(C)C.CC(C)Oc1ccc(F)cc1OCC=O. The summed E-state index contributed by atoms with van der Waals surface area (Å²) in [5.74, 6) is 0.873. The second kappa shape index (κ2) is 13.2. The van der Waals surface area contributed by atoms with Gasteiger partial charge < -0.3 is 18.9 Å². The molecule has 2 aromatic carbocycles. The smallest absolute Gasteiger partial charge is 0.164 e. The first-order chi connectivity index (χ1) is 14.3. The van der Waals surface area contributed by atoms with Gasteiger partial charge in [-0.15, -0.1) is 0 Å². The van der Waals surface area contributed by atoms with Crippen LogP contribution in [0.25, 0.3) is 0 Å². The predicted octanol–water partition coefficient (Wildman–Crippen LogP) is 5.37. The molecule has 0 heterocycles. The summed E-state index contributed by atoms with van der Waals surface area (Å²) < 4.78 is 47.0. The van der Waals surface area contributed by atoms with Crippen molar-refractivity contribution in [2.75, 3.05) is 13.2 Å². The summed E-state index contributed by atoms with van der Waals surface area (Å²) in [7, 11) is 0. The van der Waals surface area contributed by atoms with Crippen molar-refractivity contribution >= 4 is 6.29 Å². The van der Waals surface area contributed by atoms with Crippen LogP contribution >= 0.6 is 0 Å². The van der Waals surface area contributed by atoms with E-state index in [1.807, 2.05) is 27.7 Å². The van der Waals surface area contributed by atoms with Crippen LogP contribution in [-0.4, -0.2) is 31.7 Å². The maximum atomic E-state index is 13.0. The van der Waals surface area contributed by atoms with Gasteiger partial charge in [-0.25, -0.2) is 8.78 Å². The molecule has 0 N–H and O–H groups in total. The van der Waals surface area contributed by atoms with Gasteiger partial charge in [-0.2, -0.15) is 0 Å². The Hall–Kier alpha value is -3.09. The highest BCUT2D eigenvalue weighted by molar-refractivity contribution is 5.52. The Labute approximate surface area is 176 Å². The molecule has 0 bridgehead atoms. The highest BCUT2D eigenvalue weighted by atomic mass is 19.1. The largest absolute Gasteiger partial charge is 0.487 e. The standard InChI is InChI=1S/C12H15FO2.C11H13FO3/c1-4-7-14-12-8-10(13)5-6-11(12)15-9(2)3;1-8(2)15-10-4-3-9(12)7-11(10)14-6-5-13/h4-6,8-9H,1,7H2,2-3H3;3-5,7-8H,6H2,1-2H3. The third-order valence-electron chi connectivity index (χ3n) is 3.20. The van der Waals surface area contributed by atoms with Crippen molar-refractivity contribution in [2.45, 2.75) is 39.9 Å². The van der Waals surface area contributed by atoms with E-state index in [2.05, 4.69) is 6.58 Å². The van der Waals surface area contributed by atoms with Gasteiger partial charge >= 0.3 is 0 Å². The summed E-state index contributed by atoms with van der Waals surface area (Å²) in [6.45, 7) is 11.3. The van der Waals surface area contributed by atoms with Crippen LogP contribution in [0.3, 0.4) is 0 Å². The quantitative estimate of drug-likeness (QED) is 0.381. The molecule has 0 spiro atoms. The number of carbonyl (C=O) groups is 1. The lowest BCUT2D eigenvalue weighted by Gasteiger charge is -2.14. The fourth-order valence-corrected chi connectivity index (χ4v) is 2.16. The van der Waals surface area contributed by atoms with Gasteiger partial charge in [0.25, 0.3) is 0 Å². The summed E-state index contributed by atoms with van der Waals surface area (Å²) in [5, 5.41) is 0. The molecule has 164 valence electrons. The van der Waals surface area contributed by atoms with E-state index in [1.165, 1.54) is 30.3 Å². The van der Waals surface area contributed by atoms with Crippen LogP contribution in [-0.2, 0) is 4.79 Å². The molecule has 0 aliphatic carbocycles. The van der Waals surface area contributed by atoms with Crippen LogP contribution in [0.5, 0.6) is 23.0 Å². The third-order valence-corrected chi connectivity index (χ3v) is 3.20. The highest BCUT2D eigenvalue weighted by Gasteiger charge is 2.09. The van der Waals surface area contributed by atoms with Crippen molar-refractivity contribution in [3.8, 4) is 23.0 Å². The van der Waals surface area contributed by atoms with Gasteiger partial charge in [-0.05, 0) is 52.0 Å². The minimum atomic E-state index is -0.424. The van der Waals surface area contributed by atoms with Gasteiger partial charge in [-0.1, -0.05) is 12.7 Å². The number of aldehydes is 1. The van der Waals surface area contributed by atoms with E-state index < -0.39 is 5.82 Å². The summed E-state index contributed by atoms with van der Waals surface area (Å²) in [6, 6.07) is 8.18. The van der Waals surface area contributed by atoms with Crippen molar-refractivity contribution in [1.82, 2.24) is 0 Å². The minimum absolute atomic E-state index is 0.0292. The van der Waals surface area contributed by atoms with Crippen LogP contribution in [0.2, 0.25) is 0 Å². The fourth-order valence-electron chi connectivity index (χ4n) is 2.16. The third kappa shape index (κ3) is 9.41. The first kappa shape index (κ1) is 24.9. The average Bonchev–Trinajstić information content (AvgIpc) is 2.68. The highest BCUT2D eigenvalue weighted by Crippen LogP contribution is 2.29. The van der Waals surface area contributed by atoms with E-state index in [9.17, 15) is 13.6 Å². The Morgan fingerprint density at radius 2 is 1.23 bits per heavy atom. The Morgan fingerprint density at radius 1 is 0.800 bits per heavy atom. The molecule has 0 saturated carbocycles. The first-order valence-corrected chi connectivity index (χ1v) is 9.49. The zero-order chi connectivity index (χ0) is 22.5. The Bertz CT molecular complexity index is 739. The molecular weight excluding hydrogens is 394 g/mol. The number of carbonyl (C=O) groups excluding carboxylic acids is 1. The van der Waals surface area contributed by atoms with Crippen LogP contribution in [0.1, 0.15) is 27.7 Å². The molecule has 0 atom stereocenters. The van der Waals surface area contributed by atoms with Gasteiger partial charge in [0.15, 0.2) is 29.3 Å². The molecule has 2 rings (SSSR count). The van der Waals surface area contributed by atoms with Crippen molar-refractivity contribution in [3.63, 3.8) is 0 Å². The Kier molecular flexibility index (Phi) is 11.0. The molecule has 30 heavy (non-hydrogen) atoms. The molecule has 0 fully saturated rings. The lowest BCUT2D eigenvalue weighted by atomic mass is 10.3. The lowest BCUT2D eigenvalue weighted by molar-refractivity contribution is -0.109. The zero-order valence-corrected chi connectivity index (χ0v) is 17.7. The van der Waals surface area contributed by atoms with Crippen LogP contribution < -0.4 is 18.9 Å². The Balaban J connectivity index is 0.000000300. The summed E-state index contributed by atoms with van der Waals surface area (Å²) in [6.07, 6.45) is 2.20. The molecule has 0 saturated heterocycles. The lowest BCUT2D eigenvalue weighted by Crippen LogP contribution is -2.08. The van der Waals surface area contributed by atoms with Gasteiger partial charge in [0, 0.05) is 12.1 Å². The molecule has 0 aromatic heterocycles. The number of rotatable bonds is 10. The van der Waals surface area contributed by atoms with E-state index in [4.69, 9.17) is 18.9 Å². The molecule has 0 aliphatic rings. The van der Waals surface area contributed by atoms with Crippen LogP contribution in [0.15, 0.2) is 49.1 Å². The van der Waals surface area contributed by atoms with E-state index in [0.717, 1.165) is 0 Å². The molecule has 0 unspecified atom stereocenters. The molecule has 7 heteroatoms. The Morgan fingerprint density at radius 3 is 1.60 bits per heavy atom. The molecule has 2 aromatic rings. The maximum Gasteiger partial charge on any atom is 0.164 e. The molecular formula is C23H28F2O5. The van der Waals surface area contributed by atoms with E-state index in [0.29, 0.717) is 30.1 Å². The molecule has 0 radical (unpaired) electrons. The maximum absolute atomic E-state index is 13.0. The van der Waals surface area contributed by atoms with Crippen LogP contribution in [0, 0.1) is 11.6 Å². The molecule has 0 aliphatic heterocycles. The topological polar surface area (TPSA) is 54.0 Å². The number of benzene rings is 2. The number of hydrogen-bond acceptors (Lipinski definition) is 5. The van der Waals surface area contributed by atoms with Gasteiger partial charge in [0.05, 0.1) is 12.2 Å². The monoisotopic (exact) mass is 422 g/mol. The second-order valence-electron chi connectivity index (χ2n) is 6.59. The van der Waals surface area contributed by atoms with E-state index in [1.54, 1.807) is 12.1 Å². The van der Waals surface area contributed by atoms with Gasteiger partial charge in [0.2, 0.25) is 0 Å². The van der Waals surface area contributed by atoms with E-state index >= 15 is 0 Å². The van der Waals surface area contributed by atoms with Crippen LogP contribution in [0.4, 0.5) is 8.78 Å². The van der Waals surface area contributed by atoms with Crippen molar-refractivity contribution in [2.24, 2.45) is 0 Å². The van der Waals surface area contributed by atoms with Crippen molar-refractivity contribution in [3.05, 3.63) is 60.7 Å². The number of hydrogen-bond donors (Lipinski definition) is 0. The second-order valence-corrected chi connectivity index (χ2v) is 6.59. The van der Waals surface area contributed by atoms with Gasteiger partial charge in [-0.3, -0.25) is 4.79 Å². The van der Waals surface area contributed by atoms with Crippen molar-refractivity contribution in [1.29, 1.82) is 0 Å². The summed E-state index contributed by atoms with van der Waals surface area (Å²) in [4.78, 5) is 10.1. The normalized spacial score (nSPS) is 10.1. The van der Waals surface area contributed by atoms with Crippen molar-refractivity contribution < 1.29 is 32.5 Å². The van der Waals surface area contributed by atoms with E-state index in [-0.39, 0.29) is 30.4 Å². The summed E-state index contributed by atoms with van der Waals surface area (Å²) in [5.41, 5.74) is 0. The minimum Gasteiger partial charge on any atom is -0.487 e. The molecule has 5 nitrogen and oxygen atoms in total. The average molecular weight is 422 g/mol. The predicted molar refractivity (Wildman–Crippen MR) is 112 cm³/mol. The fraction of sp³-hybridized carbons (Fsp3) is 0.348. The summed E-state index contributed by atoms with van der Waals surface area (Å²) >= 11 is 0. The molecule has 0 amide bonds. The number of halogens is 2.